The minimum absolute atomic E-state index is 0.100. The Morgan fingerprint density at radius 1 is 0.600 bits per heavy atom. The molecule has 9 rings (SSSR count). The quantitative estimate of drug-likeness (QED) is 0.188. The second-order valence-corrected chi connectivity index (χ2v) is 12.3. The Balaban J connectivity index is 1.31. The molecule has 0 atom stereocenters. The van der Waals surface area contributed by atoms with Gasteiger partial charge < -0.3 is 8.98 Å². The Bertz CT molecular complexity index is 2650. The number of aromatic nitrogens is 1. The van der Waals surface area contributed by atoms with Crippen LogP contribution in [-0.4, -0.2) is 4.57 Å². The average molecular weight is 576 g/mol. The third-order valence-electron chi connectivity index (χ3n) is 9.63. The number of para-hydroxylation sites is 1. The van der Waals surface area contributed by atoms with Gasteiger partial charge in [0, 0.05) is 27.1 Å². The van der Waals surface area contributed by atoms with E-state index >= 15 is 0 Å². The summed E-state index contributed by atoms with van der Waals surface area (Å²) in [6, 6.07) is 39.6. The van der Waals surface area contributed by atoms with E-state index in [2.05, 4.69) is 94.8 Å². The van der Waals surface area contributed by atoms with Crippen LogP contribution in [0.1, 0.15) is 25.0 Å². The number of benzene rings is 6. The van der Waals surface area contributed by atoms with Gasteiger partial charge in [-0.15, -0.1) is 0 Å². The van der Waals surface area contributed by atoms with Gasteiger partial charge in [-0.1, -0.05) is 86.6 Å². The molecule has 0 amide bonds. The molecule has 0 saturated carbocycles. The maximum absolute atomic E-state index is 7.81. The van der Waals surface area contributed by atoms with Crippen molar-refractivity contribution in [1.82, 2.24) is 4.57 Å². The molecule has 6 aromatic carbocycles. The molecule has 8 aromatic rings. The van der Waals surface area contributed by atoms with Gasteiger partial charge in [-0.05, 0) is 75.7 Å². The minimum atomic E-state index is -0.100. The Hall–Kier alpha value is -6.10. The molecular formula is C41H25N3O. The van der Waals surface area contributed by atoms with Gasteiger partial charge in [0.05, 0.1) is 29.9 Å². The first kappa shape index (κ1) is 25.4. The van der Waals surface area contributed by atoms with Crippen molar-refractivity contribution in [2.45, 2.75) is 19.3 Å². The highest BCUT2D eigenvalue weighted by Gasteiger charge is 2.37. The predicted octanol–water partition coefficient (Wildman–Crippen LogP) is 11.8. The second kappa shape index (κ2) is 8.96. The first-order chi connectivity index (χ1) is 22.0. The molecule has 0 fully saturated rings. The van der Waals surface area contributed by atoms with Crippen LogP contribution < -0.4 is 0 Å². The molecule has 0 bridgehead atoms. The minimum Gasteiger partial charge on any atom is -0.455 e. The van der Waals surface area contributed by atoms with Crippen LogP contribution >= 0.6 is 0 Å². The average Bonchev–Trinajstić information content (AvgIpc) is 3.69. The van der Waals surface area contributed by atoms with E-state index in [0.717, 1.165) is 60.6 Å². The first-order valence-electron chi connectivity index (χ1n) is 15.0. The van der Waals surface area contributed by atoms with Gasteiger partial charge in [0.25, 0.3) is 0 Å². The third-order valence-corrected chi connectivity index (χ3v) is 9.63. The van der Waals surface area contributed by atoms with Crippen molar-refractivity contribution in [1.29, 1.82) is 0 Å². The van der Waals surface area contributed by atoms with Crippen LogP contribution in [0.4, 0.5) is 11.4 Å². The van der Waals surface area contributed by atoms with Crippen molar-refractivity contribution in [2.75, 3.05) is 0 Å². The summed E-state index contributed by atoms with van der Waals surface area (Å²) in [7, 11) is 0. The fraction of sp³-hybridized carbons (Fsp3) is 0.0732. The molecule has 0 unspecified atom stereocenters. The Morgan fingerprint density at radius 3 is 2.22 bits per heavy atom. The van der Waals surface area contributed by atoms with Gasteiger partial charge in [0.2, 0.25) is 0 Å². The Kier molecular flexibility index (Phi) is 5.06. The van der Waals surface area contributed by atoms with E-state index in [-0.39, 0.29) is 5.41 Å². The van der Waals surface area contributed by atoms with Crippen molar-refractivity contribution < 1.29 is 4.42 Å². The molecule has 1 aliphatic rings. The standard InChI is InChI=1S/C41H25N3O/c1-41(2)33-11-7-5-10-29(33)39-34(41)17-16-28-32-21-24(13-20-38(32)45-40(28)39)30-22-25(42-3)14-18-36(30)44-35-12-8-6-9-27(35)31-23-26(43-4)15-19-37(31)44/h5-23H,1-2H3. The number of hydrogen-bond donors (Lipinski definition) is 0. The van der Waals surface area contributed by atoms with Crippen molar-refractivity contribution in [3.05, 3.63) is 149 Å². The molecule has 0 aliphatic heterocycles. The first-order valence-corrected chi connectivity index (χ1v) is 15.0. The molecule has 210 valence electrons. The maximum Gasteiger partial charge on any atom is 0.188 e. The van der Waals surface area contributed by atoms with Crippen LogP contribution in [0.3, 0.4) is 0 Å². The molecule has 1 aliphatic carbocycles. The van der Waals surface area contributed by atoms with Crippen LogP contribution in [0.15, 0.2) is 120 Å². The van der Waals surface area contributed by atoms with E-state index in [1.165, 1.54) is 22.3 Å². The smallest absolute Gasteiger partial charge is 0.188 e. The van der Waals surface area contributed by atoms with Crippen LogP contribution in [-0.2, 0) is 5.41 Å². The number of nitrogens with zero attached hydrogens (tertiary/aromatic N) is 3. The van der Waals surface area contributed by atoms with Crippen LogP contribution in [0, 0.1) is 13.1 Å². The van der Waals surface area contributed by atoms with E-state index in [9.17, 15) is 0 Å². The van der Waals surface area contributed by atoms with Crippen molar-refractivity contribution in [3.8, 4) is 27.9 Å². The maximum atomic E-state index is 7.81. The van der Waals surface area contributed by atoms with Gasteiger partial charge in [0.15, 0.2) is 11.4 Å². The number of furan rings is 1. The topological polar surface area (TPSA) is 26.8 Å². The van der Waals surface area contributed by atoms with Crippen molar-refractivity contribution in [3.63, 3.8) is 0 Å². The summed E-state index contributed by atoms with van der Waals surface area (Å²) in [4.78, 5) is 7.48. The SMILES string of the molecule is [C-]#[N+]c1ccc(-n2c3ccccc3c3cc([N+]#[C-])ccc32)c(-c2ccc3oc4c5c(ccc4c3c2)C(C)(C)c2ccccc2-5)c1. The summed E-state index contributed by atoms with van der Waals surface area (Å²) in [5.41, 5.74) is 12.9. The van der Waals surface area contributed by atoms with E-state index in [4.69, 9.17) is 17.6 Å². The Labute approximate surface area is 260 Å². The summed E-state index contributed by atoms with van der Waals surface area (Å²) in [5.74, 6) is 0. The van der Waals surface area contributed by atoms with E-state index in [1.807, 2.05) is 48.5 Å². The molecule has 0 N–H and O–H groups in total. The molecule has 0 radical (unpaired) electrons. The molecule has 0 saturated heterocycles. The van der Waals surface area contributed by atoms with Crippen LogP contribution in [0.5, 0.6) is 0 Å². The molecule has 2 heterocycles. The zero-order chi connectivity index (χ0) is 30.4. The zero-order valence-electron chi connectivity index (χ0n) is 24.7. The lowest BCUT2D eigenvalue weighted by molar-refractivity contribution is 0.653. The lowest BCUT2D eigenvalue weighted by Crippen LogP contribution is -2.14. The molecule has 45 heavy (non-hydrogen) atoms. The number of fused-ring (bicyclic) bond motifs is 10. The summed E-state index contributed by atoms with van der Waals surface area (Å²) < 4.78 is 8.90. The third kappa shape index (κ3) is 3.40. The van der Waals surface area contributed by atoms with E-state index in [1.54, 1.807) is 0 Å². The Morgan fingerprint density at radius 2 is 1.36 bits per heavy atom. The summed E-state index contributed by atoms with van der Waals surface area (Å²) >= 11 is 0. The second-order valence-electron chi connectivity index (χ2n) is 12.3. The van der Waals surface area contributed by atoms with Crippen molar-refractivity contribution in [2.24, 2.45) is 0 Å². The molecular weight excluding hydrogens is 550 g/mol. The summed E-state index contributed by atoms with van der Waals surface area (Å²) in [5, 5.41) is 4.26. The summed E-state index contributed by atoms with van der Waals surface area (Å²) in [6.07, 6.45) is 0. The predicted molar refractivity (Wildman–Crippen MR) is 184 cm³/mol. The van der Waals surface area contributed by atoms with Gasteiger partial charge >= 0.3 is 0 Å². The largest absolute Gasteiger partial charge is 0.455 e. The van der Waals surface area contributed by atoms with Gasteiger partial charge in [0.1, 0.15) is 11.2 Å². The highest BCUT2D eigenvalue weighted by molar-refractivity contribution is 6.13. The molecule has 0 spiro atoms. The van der Waals surface area contributed by atoms with Gasteiger partial charge in [-0.3, -0.25) is 0 Å². The van der Waals surface area contributed by atoms with Crippen LogP contribution in [0.2, 0.25) is 0 Å². The van der Waals surface area contributed by atoms with E-state index < -0.39 is 0 Å². The molecule has 4 nitrogen and oxygen atoms in total. The lowest BCUT2D eigenvalue weighted by Gasteiger charge is -2.21. The van der Waals surface area contributed by atoms with Crippen LogP contribution in [0.25, 0.3) is 81.4 Å². The normalized spacial score (nSPS) is 13.2. The number of rotatable bonds is 2. The van der Waals surface area contributed by atoms with E-state index in [0.29, 0.717) is 11.4 Å². The fourth-order valence-corrected chi connectivity index (χ4v) is 7.50. The van der Waals surface area contributed by atoms with Crippen molar-refractivity contribution >= 4 is 55.1 Å². The zero-order valence-corrected chi connectivity index (χ0v) is 24.7. The van der Waals surface area contributed by atoms with Gasteiger partial charge in [-0.25, -0.2) is 9.69 Å². The summed E-state index contributed by atoms with van der Waals surface area (Å²) in [6.45, 7) is 20.0. The highest BCUT2D eigenvalue weighted by atomic mass is 16.3. The van der Waals surface area contributed by atoms with Gasteiger partial charge in [-0.2, -0.15) is 0 Å². The monoisotopic (exact) mass is 575 g/mol. The number of hydrogen-bond acceptors (Lipinski definition) is 1. The fourth-order valence-electron chi connectivity index (χ4n) is 7.50. The molecule has 2 aromatic heterocycles. The highest BCUT2D eigenvalue weighted by Crippen LogP contribution is 2.52. The molecule has 4 heteroatoms. The lowest BCUT2D eigenvalue weighted by atomic mass is 9.82.